The normalized spacial score (nSPS) is 26.0. The number of nitrogens with two attached hydrogens (primary N) is 1. The quantitative estimate of drug-likeness (QED) is 0.930. The van der Waals surface area contributed by atoms with E-state index in [1.54, 1.807) is 6.07 Å². The number of hydrogen-bond donors (Lipinski definition) is 1. The van der Waals surface area contributed by atoms with Gasteiger partial charge in [-0.25, -0.2) is 0 Å². The van der Waals surface area contributed by atoms with Crippen molar-refractivity contribution in [1.29, 1.82) is 0 Å². The maximum Gasteiger partial charge on any atom is 0.249 e. The summed E-state index contributed by atoms with van der Waals surface area (Å²) in [5, 5.41) is 0. The molecule has 2 N–H and O–H groups in total. The molecule has 0 aromatic heterocycles. The van der Waals surface area contributed by atoms with E-state index in [9.17, 15) is 4.79 Å². The Kier molecular flexibility index (Phi) is 4.67. The van der Waals surface area contributed by atoms with Gasteiger partial charge in [-0.3, -0.25) is 4.79 Å². The second-order valence-corrected chi connectivity index (χ2v) is 6.58. The lowest BCUT2D eigenvalue weighted by Crippen LogP contribution is -2.38. The number of likely N-dealkylation sites (tertiary alicyclic amines) is 1. The average Bonchev–Trinajstić information content (AvgIpc) is 3.04. The van der Waals surface area contributed by atoms with Gasteiger partial charge in [0.25, 0.3) is 0 Å². The van der Waals surface area contributed by atoms with Crippen LogP contribution < -0.4 is 10.5 Å². The van der Waals surface area contributed by atoms with Crippen LogP contribution in [0.5, 0.6) is 5.75 Å². The minimum Gasteiger partial charge on any atom is -0.490 e. The second kappa shape index (κ2) is 6.69. The predicted molar refractivity (Wildman–Crippen MR) is 87.2 cm³/mol. The van der Waals surface area contributed by atoms with Gasteiger partial charge in [-0.2, -0.15) is 0 Å². The maximum atomic E-state index is 11.4. The Morgan fingerprint density at radius 3 is 2.50 bits per heavy atom. The van der Waals surface area contributed by atoms with Crippen LogP contribution in [0, 0.1) is 6.92 Å². The molecule has 2 fully saturated rings. The first kappa shape index (κ1) is 15.3. The number of ether oxygens (including phenoxy) is 1. The van der Waals surface area contributed by atoms with E-state index >= 15 is 0 Å². The first-order chi connectivity index (χ1) is 10.6. The fraction of sp³-hybridized carbons (Fsp3) is 0.611. The third kappa shape index (κ3) is 3.27. The summed E-state index contributed by atoms with van der Waals surface area (Å²) < 4.78 is 6.16. The molecule has 4 nitrogen and oxygen atoms in total. The topological polar surface area (TPSA) is 55.6 Å². The molecular formula is C18H26N2O2. The monoisotopic (exact) mass is 302 g/mol. The smallest absolute Gasteiger partial charge is 0.249 e. The molecule has 3 rings (SSSR count). The second-order valence-electron chi connectivity index (χ2n) is 6.58. The Labute approximate surface area is 132 Å². The van der Waals surface area contributed by atoms with Crippen molar-refractivity contribution in [2.24, 2.45) is 5.73 Å². The molecule has 4 heteroatoms. The SMILES string of the molecule is Cc1c(OC2CCC(N3CCCC3)CC2)cccc1C(N)=O. The summed E-state index contributed by atoms with van der Waals surface area (Å²) in [7, 11) is 0. The Bertz CT molecular complexity index is 530. The third-order valence-electron chi connectivity index (χ3n) is 5.14. The van der Waals surface area contributed by atoms with Crippen LogP contribution in [0.15, 0.2) is 18.2 Å². The van der Waals surface area contributed by atoms with E-state index < -0.39 is 0 Å². The van der Waals surface area contributed by atoms with Crippen LogP contribution in [0.1, 0.15) is 54.4 Å². The molecular weight excluding hydrogens is 276 g/mol. The van der Waals surface area contributed by atoms with E-state index in [1.807, 2.05) is 19.1 Å². The minimum absolute atomic E-state index is 0.265. The number of carbonyl (C=O) groups excluding carboxylic acids is 1. The van der Waals surface area contributed by atoms with Gasteiger partial charge in [0.05, 0.1) is 6.10 Å². The van der Waals surface area contributed by atoms with Crippen molar-refractivity contribution in [3.8, 4) is 5.75 Å². The van der Waals surface area contributed by atoms with Crippen molar-refractivity contribution >= 4 is 5.91 Å². The van der Waals surface area contributed by atoms with Gasteiger partial charge in [0.1, 0.15) is 5.75 Å². The number of primary amides is 1. The Morgan fingerprint density at radius 2 is 1.86 bits per heavy atom. The molecule has 0 unspecified atom stereocenters. The predicted octanol–water partition coefficient (Wildman–Crippen LogP) is 2.88. The van der Waals surface area contributed by atoms with E-state index in [0.717, 1.165) is 30.2 Å². The van der Waals surface area contributed by atoms with Crippen molar-refractivity contribution in [3.63, 3.8) is 0 Å². The van der Waals surface area contributed by atoms with Crippen LogP contribution in [0.4, 0.5) is 0 Å². The van der Waals surface area contributed by atoms with E-state index in [-0.39, 0.29) is 12.0 Å². The lowest BCUT2D eigenvalue weighted by atomic mass is 9.92. The fourth-order valence-electron chi connectivity index (χ4n) is 3.82. The molecule has 0 atom stereocenters. The summed E-state index contributed by atoms with van der Waals surface area (Å²) in [6.07, 6.45) is 7.62. The maximum absolute atomic E-state index is 11.4. The largest absolute Gasteiger partial charge is 0.490 e. The lowest BCUT2D eigenvalue weighted by Gasteiger charge is -2.34. The fourth-order valence-corrected chi connectivity index (χ4v) is 3.82. The van der Waals surface area contributed by atoms with Gasteiger partial charge in [0.2, 0.25) is 5.91 Å². The zero-order chi connectivity index (χ0) is 15.5. The first-order valence-electron chi connectivity index (χ1n) is 8.45. The summed E-state index contributed by atoms with van der Waals surface area (Å²) in [4.78, 5) is 14.1. The van der Waals surface area contributed by atoms with Gasteiger partial charge in [0.15, 0.2) is 0 Å². The Hall–Kier alpha value is -1.55. The molecule has 1 heterocycles. The van der Waals surface area contributed by atoms with Crippen molar-refractivity contribution in [2.75, 3.05) is 13.1 Å². The van der Waals surface area contributed by atoms with Gasteiger partial charge in [-0.1, -0.05) is 6.07 Å². The van der Waals surface area contributed by atoms with Gasteiger partial charge in [-0.15, -0.1) is 0 Å². The molecule has 1 aliphatic carbocycles. The summed E-state index contributed by atoms with van der Waals surface area (Å²) in [5.41, 5.74) is 6.82. The highest BCUT2D eigenvalue weighted by Gasteiger charge is 2.28. The summed E-state index contributed by atoms with van der Waals surface area (Å²) in [6.45, 7) is 4.46. The molecule has 1 amide bonds. The van der Waals surface area contributed by atoms with Crippen LogP contribution >= 0.6 is 0 Å². The highest BCUT2D eigenvalue weighted by atomic mass is 16.5. The number of rotatable bonds is 4. The summed E-state index contributed by atoms with van der Waals surface area (Å²) in [5.74, 6) is 0.418. The number of amides is 1. The van der Waals surface area contributed by atoms with Crippen molar-refractivity contribution in [1.82, 2.24) is 4.90 Å². The van der Waals surface area contributed by atoms with E-state index in [2.05, 4.69) is 4.90 Å². The van der Waals surface area contributed by atoms with Crippen molar-refractivity contribution in [3.05, 3.63) is 29.3 Å². The molecule has 0 spiro atoms. The van der Waals surface area contributed by atoms with E-state index in [1.165, 1.54) is 38.8 Å². The molecule has 120 valence electrons. The highest BCUT2D eigenvalue weighted by Crippen LogP contribution is 2.30. The van der Waals surface area contributed by atoms with Crippen LogP contribution in [0.2, 0.25) is 0 Å². The number of benzene rings is 1. The molecule has 0 radical (unpaired) electrons. The van der Waals surface area contributed by atoms with Crippen LogP contribution in [-0.2, 0) is 0 Å². The molecule has 1 aromatic rings. The Balaban J connectivity index is 1.59. The molecule has 0 bridgehead atoms. The summed E-state index contributed by atoms with van der Waals surface area (Å²) in [6, 6.07) is 6.29. The number of hydrogen-bond acceptors (Lipinski definition) is 3. The third-order valence-corrected chi connectivity index (χ3v) is 5.14. The van der Waals surface area contributed by atoms with Crippen LogP contribution in [0.3, 0.4) is 0 Å². The zero-order valence-corrected chi connectivity index (χ0v) is 13.4. The molecule has 1 aliphatic heterocycles. The first-order valence-corrected chi connectivity index (χ1v) is 8.45. The lowest BCUT2D eigenvalue weighted by molar-refractivity contribution is 0.0974. The molecule has 1 saturated carbocycles. The van der Waals surface area contributed by atoms with E-state index in [4.69, 9.17) is 10.5 Å². The standard InChI is InChI=1S/C18H26N2O2/c1-13-16(18(19)21)5-4-6-17(13)22-15-9-7-14(8-10-15)20-11-2-3-12-20/h4-6,14-15H,2-3,7-12H2,1H3,(H2,19,21). The van der Waals surface area contributed by atoms with Gasteiger partial charge < -0.3 is 15.4 Å². The van der Waals surface area contributed by atoms with Crippen molar-refractivity contribution < 1.29 is 9.53 Å². The summed E-state index contributed by atoms with van der Waals surface area (Å²) >= 11 is 0. The molecule has 1 saturated heterocycles. The van der Waals surface area contributed by atoms with Gasteiger partial charge >= 0.3 is 0 Å². The number of carbonyl (C=O) groups is 1. The van der Waals surface area contributed by atoms with Crippen LogP contribution in [-0.4, -0.2) is 36.0 Å². The molecule has 2 aliphatic rings. The van der Waals surface area contributed by atoms with Crippen molar-refractivity contribution in [2.45, 2.75) is 57.6 Å². The molecule has 1 aromatic carbocycles. The van der Waals surface area contributed by atoms with Crippen LogP contribution in [0.25, 0.3) is 0 Å². The number of nitrogens with zero attached hydrogens (tertiary/aromatic N) is 1. The van der Waals surface area contributed by atoms with Gasteiger partial charge in [-0.05, 0) is 70.7 Å². The average molecular weight is 302 g/mol. The van der Waals surface area contributed by atoms with E-state index in [0.29, 0.717) is 5.56 Å². The zero-order valence-electron chi connectivity index (χ0n) is 13.4. The highest BCUT2D eigenvalue weighted by molar-refractivity contribution is 5.94. The van der Waals surface area contributed by atoms with Gasteiger partial charge in [0, 0.05) is 17.2 Å². The Morgan fingerprint density at radius 1 is 1.18 bits per heavy atom. The minimum atomic E-state index is -0.388. The molecule has 22 heavy (non-hydrogen) atoms.